The third-order valence-electron chi connectivity index (χ3n) is 6.25. The third-order valence-corrected chi connectivity index (χ3v) is 7.75. The van der Waals surface area contributed by atoms with Crippen LogP contribution in [0.25, 0.3) is 16.0 Å². The van der Waals surface area contributed by atoms with E-state index in [1.54, 1.807) is 6.33 Å². The molecule has 4 aromatic rings. The van der Waals surface area contributed by atoms with E-state index in [2.05, 4.69) is 9.88 Å². The van der Waals surface area contributed by atoms with Crippen LogP contribution < -0.4 is 9.47 Å². The Morgan fingerprint density at radius 1 is 1.16 bits per heavy atom. The number of thiophene rings is 1. The SMILES string of the molecule is COC(=O)c1sc(-n2cnc3ccccc32)cc1O[C@H](C)c1cccc(OCCN2CCOCC2)c1Cl. The summed E-state index contributed by atoms with van der Waals surface area (Å²) in [6.07, 6.45) is 1.29. The predicted molar refractivity (Wildman–Crippen MR) is 144 cm³/mol. The number of hydrogen-bond acceptors (Lipinski definition) is 8. The second kappa shape index (κ2) is 11.5. The van der Waals surface area contributed by atoms with Crippen LogP contribution >= 0.6 is 22.9 Å². The molecule has 37 heavy (non-hydrogen) atoms. The van der Waals surface area contributed by atoms with Crippen molar-refractivity contribution >= 4 is 39.9 Å². The maximum atomic E-state index is 12.6. The number of halogens is 1. The van der Waals surface area contributed by atoms with Gasteiger partial charge in [-0.25, -0.2) is 9.78 Å². The summed E-state index contributed by atoms with van der Waals surface area (Å²) in [5.41, 5.74) is 2.57. The van der Waals surface area contributed by atoms with Gasteiger partial charge in [0.25, 0.3) is 0 Å². The molecule has 1 aliphatic rings. The van der Waals surface area contributed by atoms with Crippen LogP contribution in [0.2, 0.25) is 5.02 Å². The lowest BCUT2D eigenvalue weighted by atomic mass is 10.1. The molecule has 194 valence electrons. The van der Waals surface area contributed by atoms with Crippen molar-refractivity contribution in [3.8, 4) is 16.5 Å². The number of esters is 1. The fourth-order valence-electron chi connectivity index (χ4n) is 4.25. The zero-order valence-corrected chi connectivity index (χ0v) is 22.3. The highest BCUT2D eigenvalue weighted by Gasteiger charge is 2.24. The molecular weight excluding hydrogens is 514 g/mol. The van der Waals surface area contributed by atoms with Crippen molar-refractivity contribution < 1.29 is 23.7 Å². The number of benzene rings is 2. The zero-order valence-electron chi connectivity index (χ0n) is 20.7. The first-order valence-electron chi connectivity index (χ1n) is 12.1. The minimum absolute atomic E-state index is 0.371. The number of ether oxygens (including phenoxy) is 4. The summed E-state index contributed by atoms with van der Waals surface area (Å²) in [6.45, 7) is 6.53. The van der Waals surface area contributed by atoms with Gasteiger partial charge >= 0.3 is 5.97 Å². The smallest absolute Gasteiger partial charge is 0.351 e. The van der Waals surface area contributed by atoms with Crippen LogP contribution in [0.3, 0.4) is 0 Å². The Hall–Kier alpha value is -3.11. The molecule has 0 spiro atoms. The lowest BCUT2D eigenvalue weighted by Crippen LogP contribution is -2.38. The summed E-state index contributed by atoms with van der Waals surface area (Å²) >= 11 is 8.02. The minimum Gasteiger partial charge on any atom is -0.491 e. The number of rotatable bonds is 9. The Kier molecular flexibility index (Phi) is 7.95. The molecule has 2 aromatic heterocycles. The van der Waals surface area contributed by atoms with E-state index in [-0.39, 0.29) is 0 Å². The molecule has 0 radical (unpaired) electrons. The number of carbonyl (C=O) groups excluding carboxylic acids is 1. The molecule has 8 nitrogen and oxygen atoms in total. The van der Waals surface area contributed by atoms with Gasteiger partial charge < -0.3 is 18.9 Å². The van der Waals surface area contributed by atoms with E-state index in [9.17, 15) is 4.79 Å². The van der Waals surface area contributed by atoms with Crippen molar-refractivity contribution in [3.05, 3.63) is 70.3 Å². The fraction of sp³-hybridized carbons (Fsp3) is 0.333. The summed E-state index contributed by atoms with van der Waals surface area (Å²) in [5, 5.41) is 1.29. The highest BCUT2D eigenvalue weighted by atomic mass is 35.5. The van der Waals surface area contributed by atoms with Crippen molar-refractivity contribution in [1.29, 1.82) is 0 Å². The Morgan fingerprint density at radius 3 is 2.78 bits per heavy atom. The first-order valence-corrected chi connectivity index (χ1v) is 13.3. The molecular formula is C27H28ClN3O5S. The molecule has 0 saturated carbocycles. The normalized spacial score (nSPS) is 15.0. The van der Waals surface area contributed by atoms with E-state index < -0.39 is 12.1 Å². The van der Waals surface area contributed by atoms with Gasteiger partial charge in [0.05, 0.1) is 36.4 Å². The van der Waals surface area contributed by atoms with Crippen molar-refractivity contribution in [2.24, 2.45) is 0 Å². The van der Waals surface area contributed by atoms with Crippen LogP contribution in [0.5, 0.6) is 11.5 Å². The molecule has 0 unspecified atom stereocenters. The molecule has 0 aliphatic carbocycles. The number of imidazole rings is 1. The predicted octanol–water partition coefficient (Wildman–Crippen LogP) is 5.38. The summed E-state index contributed by atoms with van der Waals surface area (Å²) in [6, 6.07) is 15.3. The van der Waals surface area contributed by atoms with Gasteiger partial charge in [-0.15, -0.1) is 11.3 Å². The van der Waals surface area contributed by atoms with Crippen LogP contribution in [-0.4, -0.2) is 67.0 Å². The molecule has 1 saturated heterocycles. The molecule has 1 aliphatic heterocycles. The average Bonchev–Trinajstić information content (AvgIpc) is 3.54. The quantitative estimate of drug-likeness (QED) is 0.263. The van der Waals surface area contributed by atoms with Gasteiger partial charge in [0.1, 0.15) is 35.5 Å². The van der Waals surface area contributed by atoms with Crippen molar-refractivity contribution in [2.75, 3.05) is 46.6 Å². The highest BCUT2D eigenvalue weighted by Crippen LogP contribution is 2.39. The Balaban J connectivity index is 1.35. The molecule has 0 amide bonds. The Morgan fingerprint density at radius 2 is 1.97 bits per heavy atom. The van der Waals surface area contributed by atoms with E-state index >= 15 is 0 Å². The number of fused-ring (bicyclic) bond motifs is 1. The highest BCUT2D eigenvalue weighted by molar-refractivity contribution is 7.16. The van der Waals surface area contributed by atoms with Crippen LogP contribution in [-0.2, 0) is 9.47 Å². The van der Waals surface area contributed by atoms with Crippen LogP contribution in [0.4, 0.5) is 0 Å². The van der Waals surface area contributed by atoms with Crippen molar-refractivity contribution in [2.45, 2.75) is 13.0 Å². The standard InChI is InChI=1S/C27H28ClN3O5S/c1-18(19-6-5-9-22(25(19)28)35-15-12-30-10-13-34-14-11-30)36-23-16-24(37-26(23)27(32)33-2)31-17-29-20-7-3-4-8-21(20)31/h3-9,16-18H,10-15H2,1-2H3/t18-/m1/s1. The Bertz CT molecular complexity index is 1380. The molecule has 0 bridgehead atoms. The zero-order chi connectivity index (χ0) is 25.8. The molecule has 2 aromatic carbocycles. The second-order valence-electron chi connectivity index (χ2n) is 8.59. The lowest BCUT2D eigenvalue weighted by molar-refractivity contribution is 0.0322. The van der Waals surface area contributed by atoms with E-state index in [0.717, 1.165) is 54.4 Å². The largest absolute Gasteiger partial charge is 0.491 e. The van der Waals surface area contributed by atoms with Crippen molar-refractivity contribution in [1.82, 2.24) is 14.5 Å². The number of morpholine rings is 1. The number of para-hydroxylation sites is 2. The van der Waals surface area contributed by atoms with Gasteiger partial charge in [-0.3, -0.25) is 9.47 Å². The summed E-state index contributed by atoms with van der Waals surface area (Å²) in [7, 11) is 1.36. The van der Waals surface area contributed by atoms with E-state index in [1.807, 2.05) is 60.0 Å². The van der Waals surface area contributed by atoms with Crippen LogP contribution in [0, 0.1) is 0 Å². The van der Waals surface area contributed by atoms with Gasteiger partial charge in [0.2, 0.25) is 0 Å². The first kappa shape index (κ1) is 25.5. The number of hydrogen-bond donors (Lipinski definition) is 0. The molecule has 10 heteroatoms. The number of methoxy groups -OCH3 is 1. The summed E-state index contributed by atoms with van der Waals surface area (Å²) in [4.78, 5) is 19.7. The van der Waals surface area contributed by atoms with E-state index in [4.69, 9.17) is 30.5 Å². The molecule has 3 heterocycles. The van der Waals surface area contributed by atoms with Crippen LogP contribution in [0.15, 0.2) is 54.9 Å². The van der Waals surface area contributed by atoms with Crippen LogP contribution in [0.1, 0.15) is 28.3 Å². The third kappa shape index (κ3) is 5.60. The van der Waals surface area contributed by atoms with Gasteiger partial charge in [-0.1, -0.05) is 35.9 Å². The van der Waals surface area contributed by atoms with Crippen molar-refractivity contribution in [3.63, 3.8) is 0 Å². The Labute approximate surface area is 224 Å². The molecule has 1 atom stereocenters. The number of carbonyl (C=O) groups is 1. The molecule has 0 N–H and O–H groups in total. The second-order valence-corrected chi connectivity index (χ2v) is 10.0. The molecule has 5 rings (SSSR count). The first-order chi connectivity index (χ1) is 18.0. The summed E-state index contributed by atoms with van der Waals surface area (Å²) < 4.78 is 24.7. The van der Waals surface area contributed by atoms with E-state index in [0.29, 0.717) is 28.0 Å². The maximum absolute atomic E-state index is 12.6. The maximum Gasteiger partial charge on any atom is 0.351 e. The monoisotopic (exact) mass is 541 g/mol. The number of aromatic nitrogens is 2. The van der Waals surface area contributed by atoms with Gasteiger partial charge in [0.15, 0.2) is 4.88 Å². The number of nitrogens with zero attached hydrogens (tertiary/aromatic N) is 3. The summed E-state index contributed by atoms with van der Waals surface area (Å²) in [5.74, 6) is 0.563. The van der Waals surface area contributed by atoms with Gasteiger partial charge in [0, 0.05) is 31.3 Å². The average molecular weight is 542 g/mol. The van der Waals surface area contributed by atoms with Gasteiger partial charge in [-0.05, 0) is 25.1 Å². The molecule has 1 fully saturated rings. The lowest BCUT2D eigenvalue weighted by Gasteiger charge is -2.26. The topological polar surface area (TPSA) is 75.1 Å². The minimum atomic E-state index is -0.464. The van der Waals surface area contributed by atoms with Gasteiger partial charge in [-0.2, -0.15) is 0 Å². The van der Waals surface area contributed by atoms with E-state index in [1.165, 1.54) is 18.4 Å². The fourth-order valence-corrected chi connectivity index (χ4v) is 5.58.